The van der Waals surface area contributed by atoms with Crippen LogP contribution in [0.4, 0.5) is 0 Å². The molecule has 0 aliphatic heterocycles. The number of fused-ring (bicyclic) bond motifs is 2. The van der Waals surface area contributed by atoms with Crippen LogP contribution in [0.3, 0.4) is 0 Å². The highest BCUT2D eigenvalue weighted by molar-refractivity contribution is 6.76. The number of hydrogen-bond donors (Lipinski definition) is 1. The fourth-order valence-corrected chi connectivity index (χ4v) is 4.33. The lowest BCUT2D eigenvalue weighted by Gasteiger charge is -2.15. The van der Waals surface area contributed by atoms with Crippen LogP contribution in [0.5, 0.6) is 0 Å². The molecule has 0 spiro atoms. The van der Waals surface area contributed by atoms with E-state index in [1.165, 1.54) is 0 Å². The third-order valence-electron chi connectivity index (χ3n) is 5.11. The number of hydrogen-bond acceptors (Lipinski definition) is 5. The molecule has 0 bridgehead atoms. The fraction of sp³-hybridized carbons (Fsp3) is 0.333. The summed E-state index contributed by atoms with van der Waals surface area (Å²) >= 11 is 6.13. The summed E-state index contributed by atoms with van der Waals surface area (Å²) in [4.78, 5) is 21.3. The van der Waals surface area contributed by atoms with Crippen molar-refractivity contribution in [3.63, 3.8) is 0 Å². The van der Waals surface area contributed by atoms with Crippen molar-refractivity contribution in [1.82, 2.24) is 24.3 Å². The number of rotatable bonds is 7. The second-order valence-electron chi connectivity index (χ2n) is 8.79. The number of aryl methyl sites for hydroxylation is 1. The number of benzene rings is 1. The van der Waals surface area contributed by atoms with Crippen LogP contribution in [0.2, 0.25) is 30.7 Å². The summed E-state index contributed by atoms with van der Waals surface area (Å²) in [5.74, 6) is -0.560. The zero-order valence-corrected chi connectivity index (χ0v) is 19.8. The van der Waals surface area contributed by atoms with Gasteiger partial charge in [-0.15, -0.1) is 0 Å². The summed E-state index contributed by atoms with van der Waals surface area (Å²) < 4.78 is 9.35. The van der Waals surface area contributed by atoms with Crippen molar-refractivity contribution < 1.29 is 9.53 Å². The monoisotopic (exact) mass is 456 g/mol. The Bertz CT molecular complexity index is 1290. The Morgan fingerprint density at radius 2 is 2.06 bits per heavy atom. The fourth-order valence-electron chi connectivity index (χ4n) is 3.41. The Morgan fingerprint density at radius 3 is 2.77 bits per heavy atom. The van der Waals surface area contributed by atoms with Gasteiger partial charge in [0.2, 0.25) is 0 Å². The van der Waals surface area contributed by atoms with E-state index in [0.717, 1.165) is 16.9 Å². The molecule has 162 valence electrons. The molecule has 3 heterocycles. The standard InChI is InChI=1S/C21H25ClN6O2Si/c1-27-17-9-13(22)5-6-14(17)18(26-27)16-10-24-21-19(25-16)15(20(23)29)11-28(21)12-30-7-8-31(2,3)4/h5-6,9-11H,7-8,12H2,1-4H3,(H2,23,29). The maximum absolute atomic E-state index is 12.1. The molecule has 0 saturated carbocycles. The summed E-state index contributed by atoms with van der Waals surface area (Å²) in [6, 6.07) is 6.62. The molecule has 0 saturated heterocycles. The lowest BCUT2D eigenvalue weighted by atomic mass is 10.1. The van der Waals surface area contributed by atoms with Crippen LogP contribution in [0.15, 0.2) is 30.6 Å². The molecule has 0 fully saturated rings. The van der Waals surface area contributed by atoms with E-state index in [2.05, 4.69) is 29.7 Å². The number of primary amides is 1. The number of ether oxygens (including phenoxy) is 1. The van der Waals surface area contributed by atoms with Gasteiger partial charge in [0.05, 0.1) is 17.3 Å². The molecule has 0 atom stereocenters. The Labute approximate surface area is 186 Å². The van der Waals surface area contributed by atoms with E-state index >= 15 is 0 Å². The first-order valence-corrected chi connectivity index (χ1v) is 14.1. The number of carbonyl (C=O) groups excluding carboxylic acids is 1. The van der Waals surface area contributed by atoms with E-state index in [1.54, 1.807) is 21.6 Å². The largest absolute Gasteiger partial charge is 0.365 e. The van der Waals surface area contributed by atoms with Gasteiger partial charge in [0.25, 0.3) is 5.91 Å². The zero-order valence-electron chi connectivity index (χ0n) is 18.0. The van der Waals surface area contributed by atoms with E-state index in [4.69, 9.17) is 27.1 Å². The van der Waals surface area contributed by atoms with Crippen molar-refractivity contribution in [2.75, 3.05) is 6.61 Å². The Morgan fingerprint density at radius 1 is 1.29 bits per heavy atom. The molecule has 1 amide bonds. The van der Waals surface area contributed by atoms with Gasteiger partial charge in [-0.05, 0) is 24.2 Å². The summed E-state index contributed by atoms with van der Waals surface area (Å²) in [5, 5.41) is 6.11. The Hall–Kier alpha value is -2.75. The molecule has 1 aromatic carbocycles. The van der Waals surface area contributed by atoms with Crippen LogP contribution in [-0.2, 0) is 18.5 Å². The number of nitrogens with two attached hydrogens (primary N) is 1. The third-order valence-corrected chi connectivity index (χ3v) is 7.05. The minimum atomic E-state index is -1.18. The molecule has 4 rings (SSSR count). The smallest absolute Gasteiger partial charge is 0.252 e. The van der Waals surface area contributed by atoms with Gasteiger partial charge >= 0.3 is 0 Å². The highest BCUT2D eigenvalue weighted by atomic mass is 35.5. The average Bonchev–Trinajstić information content (AvgIpc) is 3.22. The van der Waals surface area contributed by atoms with E-state index in [9.17, 15) is 4.79 Å². The quantitative estimate of drug-likeness (QED) is 0.334. The molecule has 8 nitrogen and oxygen atoms in total. The highest BCUT2D eigenvalue weighted by Gasteiger charge is 2.19. The van der Waals surface area contributed by atoms with Gasteiger partial charge in [-0.2, -0.15) is 5.10 Å². The summed E-state index contributed by atoms with van der Waals surface area (Å²) in [6.07, 6.45) is 3.31. The van der Waals surface area contributed by atoms with Gasteiger partial charge < -0.3 is 15.0 Å². The van der Waals surface area contributed by atoms with Crippen molar-refractivity contribution in [3.8, 4) is 11.4 Å². The van der Waals surface area contributed by atoms with Crippen LogP contribution >= 0.6 is 11.6 Å². The number of halogens is 1. The van der Waals surface area contributed by atoms with Crippen LogP contribution in [0.25, 0.3) is 33.5 Å². The molecular weight excluding hydrogens is 432 g/mol. The first kappa shape index (κ1) is 21.5. The topological polar surface area (TPSA) is 101 Å². The van der Waals surface area contributed by atoms with Gasteiger partial charge in [-0.3, -0.25) is 9.48 Å². The number of amides is 1. The van der Waals surface area contributed by atoms with Crippen LogP contribution in [0, 0.1) is 0 Å². The second-order valence-corrected chi connectivity index (χ2v) is 14.8. The minimum absolute atomic E-state index is 0.285. The van der Waals surface area contributed by atoms with Gasteiger partial charge in [0, 0.05) is 38.3 Å². The molecule has 4 aromatic rings. The summed E-state index contributed by atoms with van der Waals surface area (Å²) in [5.41, 5.74) is 9.01. The third kappa shape index (κ3) is 4.34. The van der Waals surface area contributed by atoms with Crippen LogP contribution in [0.1, 0.15) is 10.4 Å². The molecule has 10 heteroatoms. The SMILES string of the molecule is Cn1nc(-c2cnc3c(n2)c(C(N)=O)cn3COCC[Si](C)(C)C)c2ccc(Cl)cc21. The van der Waals surface area contributed by atoms with E-state index in [0.29, 0.717) is 39.7 Å². The highest BCUT2D eigenvalue weighted by Crippen LogP contribution is 2.29. The van der Waals surface area contributed by atoms with Crippen molar-refractivity contribution in [3.05, 3.63) is 41.2 Å². The van der Waals surface area contributed by atoms with Gasteiger partial charge in [-0.25, -0.2) is 9.97 Å². The number of aromatic nitrogens is 5. The van der Waals surface area contributed by atoms with Gasteiger partial charge in [0.15, 0.2) is 5.65 Å². The molecule has 0 unspecified atom stereocenters. The second kappa shape index (κ2) is 8.06. The predicted molar refractivity (Wildman–Crippen MR) is 125 cm³/mol. The number of nitrogens with zero attached hydrogens (tertiary/aromatic N) is 5. The first-order chi connectivity index (χ1) is 14.6. The van der Waals surface area contributed by atoms with Crippen molar-refractivity contribution in [2.24, 2.45) is 12.8 Å². The predicted octanol–water partition coefficient (Wildman–Crippen LogP) is 4.05. The Kier molecular flexibility index (Phi) is 5.59. The molecule has 31 heavy (non-hydrogen) atoms. The molecule has 0 radical (unpaired) electrons. The average molecular weight is 457 g/mol. The first-order valence-electron chi connectivity index (χ1n) is 10.00. The molecule has 0 aliphatic carbocycles. The lowest BCUT2D eigenvalue weighted by molar-refractivity contribution is 0.0895. The lowest BCUT2D eigenvalue weighted by Crippen LogP contribution is -2.22. The van der Waals surface area contributed by atoms with Gasteiger partial charge in [0.1, 0.15) is 23.6 Å². The van der Waals surface area contributed by atoms with E-state index in [1.807, 2.05) is 25.2 Å². The van der Waals surface area contributed by atoms with Crippen molar-refractivity contribution >= 4 is 47.6 Å². The molecule has 3 aromatic heterocycles. The van der Waals surface area contributed by atoms with E-state index in [-0.39, 0.29) is 6.73 Å². The molecule has 0 aliphatic rings. The normalized spacial score (nSPS) is 12.2. The Balaban J connectivity index is 1.72. The van der Waals surface area contributed by atoms with Crippen molar-refractivity contribution in [2.45, 2.75) is 32.4 Å². The summed E-state index contributed by atoms with van der Waals surface area (Å²) in [6.45, 7) is 7.85. The maximum atomic E-state index is 12.1. The van der Waals surface area contributed by atoms with Crippen LogP contribution in [-0.4, -0.2) is 44.9 Å². The van der Waals surface area contributed by atoms with Crippen LogP contribution < -0.4 is 5.73 Å². The minimum Gasteiger partial charge on any atom is -0.365 e. The number of carbonyl (C=O) groups is 1. The zero-order chi connectivity index (χ0) is 22.3. The molecular formula is C21H25ClN6O2Si. The van der Waals surface area contributed by atoms with Gasteiger partial charge in [-0.1, -0.05) is 31.2 Å². The molecule has 2 N–H and O–H groups in total. The maximum Gasteiger partial charge on any atom is 0.252 e. The summed E-state index contributed by atoms with van der Waals surface area (Å²) in [7, 11) is 0.660. The van der Waals surface area contributed by atoms with E-state index < -0.39 is 14.0 Å². The van der Waals surface area contributed by atoms with Crippen molar-refractivity contribution in [1.29, 1.82) is 0 Å².